The maximum Gasteiger partial charge on any atom is 0.215 e. The summed E-state index contributed by atoms with van der Waals surface area (Å²) in [6.07, 6.45) is 3.25. The van der Waals surface area contributed by atoms with Gasteiger partial charge in [0.05, 0.1) is 4.91 Å². The molecule has 0 amide bonds. The Morgan fingerprint density at radius 2 is 2.40 bits per heavy atom. The minimum atomic E-state index is -3.10. The highest BCUT2D eigenvalue weighted by molar-refractivity contribution is 8.09. The summed E-state index contributed by atoms with van der Waals surface area (Å²) in [6.45, 7) is 0. The third-order valence-corrected chi connectivity index (χ3v) is 3.23. The van der Waals surface area contributed by atoms with Gasteiger partial charge in [-0.1, -0.05) is 0 Å². The summed E-state index contributed by atoms with van der Waals surface area (Å²) in [5, 5.41) is 0. The van der Waals surface area contributed by atoms with Crippen molar-refractivity contribution in [3.63, 3.8) is 0 Å². The molecule has 0 unspecified atom stereocenters. The number of rotatable bonds is 2. The minimum Gasteiger partial charge on any atom is -0.251 e. The van der Waals surface area contributed by atoms with E-state index in [9.17, 15) is 8.42 Å². The van der Waals surface area contributed by atoms with Gasteiger partial charge in [-0.3, -0.25) is 4.99 Å². The molecule has 3 nitrogen and oxygen atoms in total. The fourth-order valence-corrected chi connectivity index (χ4v) is 2.53. The maximum atomic E-state index is 10.9. The van der Waals surface area contributed by atoms with Gasteiger partial charge in [-0.2, -0.15) is 11.8 Å². The first-order chi connectivity index (χ1) is 4.67. The summed E-state index contributed by atoms with van der Waals surface area (Å²) in [6, 6.07) is 0. The Hall–Kier alpha value is -0.290. The van der Waals surface area contributed by atoms with Gasteiger partial charge in [0.2, 0.25) is 9.84 Å². The van der Waals surface area contributed by atoms with Crippen molar-refractivity contribution in [2.24, 2.45) is 4.99 Å². The van der Waals surface area contributed by atoms with E-state index < -0.39 is 9.84 Å². The summed E-state index contributed by atoms with van der Waals surface area (Å²) < 4.78 is 21.8. The Bertz CT molecular complexity index is 276. The number of hydrogen-bond acceptors (Lipinski definition) is 4. The largest absolute Gasteiger partial charge is 0.251 e. The topological polar surface area (TPSA) is 46.5 Å². The van der Waals surface area contributed by atoms with Crippen molar-refractivity contribution >= 4 is 27.1 Å². The minimum absolute atomic E-state index is 0.403. The van der Waals surface area contributed by atoms with Crippen molar-refractivity contribution < 1.29 is 8.42 Å². The van der Waals surface area contributed by atoms with Crippen LogP contribution in [0.4, 0.5) is 0 Å². The second-order valence-corrected chi connectivity index (χ2v) is 4.52. The van der Waals surface area contributed by atoms with E-state index in [1.54, 1.807) is 0 Å². The van der Waals surface area contributed by atoms with Crippen LogP contribution in [0.5, 0.6) is 0 Å². The Kier molecular flexibility index (Phi) is 2.15. The molecule has 0 spiro atoms. The van der Waals surface area contributed by atoms with E-state index in [4.69, 9.17) is 0 Å². The van der Waals surface area contributed by atoms with Gasteiger partial charge in [0.25, 0.3) is 0 Å². The highest BCUT2D eigenvalue weighted by atomic mass is 32.2. The van der Waals surface area contributed by atoms with Crippen LogP contribution in [0.1, 0.15) is 0 Å². The molecule has 56 valence electrons. The standard InChI is InChI=1S/C5H7NO2S2/c1-9-3-5-2-6-4-10(5,7)8/h2,4H,3H2,1H3. The number of thioether (sulfide) groups is 1. The van der Waals surface area contributed by atoms with E-state index in [0.717, 1.165) is 5.55 Å². The molecule has 1 heterocycles. The first-order valence-electron chi connectivity index (χ1n) is 2.63. The molecule has 1 aliphatic rings. The molecule has 0 saturated carbocycles. The predicted octanol–water partition coefficient (Wildman–Crippen LogP) is 0.647. The number of aliphatic imine (C=N–C) groups is 1. The zero-order valence-electron chi connectivity index (χ0n) is 5.44. The van der Waals surface area contributed by atoms with E-state index in [2.05, 4.69) is 4.99 Å². The van der Waals surface area contributed by atoms with Crippen molar-refractivity contribution in [3.05, 3.63) is 11.1 Å². The molecule has 0 N–H and O–H groups in total. The lowest BCUT2D eigenvalue weighted by Gasteiger charge is -1.94. The van der Waals surface area contributed by atoms with Crippen molar-refractivity contribution in [3.8, 4) is 0 Å². The molecule has 1 rings (SSSR count). The monoisotopic (exact) mass is 177 g/mol. The quantitative estimate of drug-likeness (QED) is 0.622. The van der Waals surface area contributed by atoms with Crippen LogP contribution in [0.3, 0.4) is 0 Å². The second-order valence-electron chi connectivity index (χ2n) is 1.83. The average Bonchev–Trinajstić information content (AvgIpc) is 2.13. The molecule has 0 atom stereocenters. The van der Waals surface area contributed by atoms with E-state index in [1.165, 1.54) is 18.0 Å². The Labute approximate surface area is 64.1 Å². The van der Waals surface area contributed by atoms with E-state index in [1.807, 2.05) is 6.26 Å². The first kappa shape index (κ1) is 7.81. The average molecular weight is 177 g/mol. The highest BCUT2D eigenvalue weighted by Crippen LogP contribution is 2.15. The van der Waals surface area contributed by atoms with Gasteiger partial charge in [0.1, 0.15) is 5.55 Å². The first-order valence-corrected chi connectivity index (χ1v) is 5.57. The van der Waals surface area contributed by atoms with Crippen LogP contribution in [0.15, 0.2) is 16.1 Å². The summed E-state index contributed by atoms with van der Waals surface area (Å²) in [4.78, 5) is 3.95. The normalized spacial score (nSPS) is 21.1. The summed E-state index contributed by atoms with van der Waals surface area (Å²) in [5.41, 5.74) is 0.985. The Morgan fingerprint density at radius 3 is 2.80 bits per heavy atom. The van der Waals surface area contributed by atoms with Gasteiger partial charge in [-0.15, -0.1) is 0 Å². The summed E-state index contributed by atoms with van der Waals surface area (Å²) >= 11 is 1.47. The van der Waals surface area contributed by atoms with Crippen molar-refractivity contribution in [2.75, 3.05) is 12.0 Å². The van der Waals surface area contributed by atoms with Crippen LogP contribution in [-0.4, -0.2) is 26.0 Å². The molecular formula is C5H7NO2S2. The molecule has 0 fully saturated rings. The van der Waals surface area contributed by atoms with Crippen LogP contribution < -0.4 is 0 Å². The van der Waals surface area contributed by atoms with Gasteiger partial charge in [0, 0.05) is 12.0 Å². The molecule has 10 heavy (non-hydrogen) atoms. The van der Waals surface area contributed by atoms with Gasteiger partial charge < -0.3 is 0 Å². The van der Waals surface area contributed by atoms with Gasteiger partial charge in [-0.25, -0.2) is 8.42 Å². The summed E-state index contributed by atoms with van der Waals surface area (Å²) in [7, 11) is -3.10. The van der Waals surface area contributed by atoms with E-state index in [0.29, 0.717) is 10.7 Å². The predicted molar refractivity (Wildman–Crippen MR) is 43.9 cm³/mol. The molecule has 0 aromatic carbocycles. The molecule has 0 saturated heterocycles. The Morgan fingerprint density at radius 1 is 1.70 bits per heavy atom. The van der Waals surface area contributed by atoms with E-state index >= 15 is 0 Å². The fraction of sp³-hybridized carbons (Fsp3) is 0.400. The third-order valence-electron chi connectivity index (χ3n) is 1.07. The van der Waals surface area contributed by atoms with E-state index in [-0.39, 0.29) is 0 Å². The lowest BCUT2D eigenvalue weighted by molar-refractivity contribution is 0.614. The zero-order chi connectivity index (χ0) is 7.61. The number of nitrogens with zero attached hydrogens (tertiary/aromatic N) is 1. The maximum absolute atomic E-state index is 10.9. The molecular weight excluding hydrogens is 170 g/mol. The van der Waals surface area contributed by atoms with Crippen molar-refractivity contribution in [1.29, 1.82) is 0 Å². The molecule has 0 aliphatic carbocycles. The van der Waals surface area contributed by atoms with Crippen molar-refractivity contribution in [1.82, 2.24) is 0 Å². The molecule has 0 bridgehead atoms. The lowest BCUT2D eigenvalue weighted by atomic mass is 10.7. The molecule has 0 aromatic heterocycles. The molecule has 0 radical (unpaired) electrons. The summed E-state index contributed by atoms with van der Waals surface area (Å²) in [5.74, 6) is 0.516. The van der Waals surface area contributed by atoms with Crippen LogP contribution in [0, 0.1) is 0 Å². The number of hydrogen-bond donors (Lipinski definition) is 0. The van der Waals surface area contributed by atoms with Crippen molar-refractivity contribution in [2.45, 2.75) is 0 Å². The number of sulfone groups is 1. The molecule has 5 heteroatoms. The van der Waals surface area contributed by atoms with Gasteiger partial charge in [-0.05, 0) is 6.26 Å². The van der Waals surface area contributed by atoms with Crippen LogP contribution >= 0.6 is 11.8 Å². The SMILES string of the molecule is CSCC1=CN=CS1(=O)=O. The zero-order valence-corrected chi connectivity index (χ0v) is 7.08. The van der Waals surface area contributed by atoms with Crippen LogP contribution in [0.25, 0.3) is 0 Å². The third kappa shape index (κ3) is 1.41. The smallest absolute Gasteiger partial charge is 0.215 e. The lowest BCUT2D eigenvalue weighted by Crippen LogP contribution is -2.02. The second kappa shape index (κ2) is 2.75. The molecule has 1 aliphatic heterocycles. The van der Waals surface area contributed by atoms with Gasteiger partial charge in [0.15, 0.2) is 0 Å². The van der Waals surface area contributed by atoms with Gasteiger partial charge >= 0.3 is 0 Å². The van der Waals surface area contributed by atoms with Crippen LogP contribution in [-0.2, 0) is 9.84 Å². The fourth-order valence-electron chi connectivity index (χ4n) is 0.597. The highest BCUT2D eigenvalue weighted by Gasteiger charge is 2.17. The molecule has 0 aromatic rings. The Balaban J connectivity index is 2.84. The van der Waals surface area contributed by atoms with Crippen LogP contribution in [0.2, 0.25) is 0 Å².